The van der Waals surface area contributed by atoms with Gasteiger partial charge in [-0.15, -0.1) is 11.4 Å². The Bertz CT molecular complexity index is 69.4. The van der Waals surface area contributed by atoms with Crippen LogP contribution in [0.4, 0.5) is 0 Å². The molecule has 0 saturated heterocycles. The van der Waals surface area contributed by atoms with Crippen LogP contribution in [-0.2, 0) is 0 Å². The van der Waals surface area contributed by atoms with Crippen molar-refractivity contribution in [2.45, 2.75) is 0 Å². The second-order valence-corrected chi connectivity index (χ2v) is 0.603. The third-order valence-electron chi connectivity index (χ3n) is 0.295. The van der Waals surface area contributed by atoms with Gasteiger partial charge in [0, 0.05) is 0 Å². The predicted octanol–water partition coefficient (Wildman–Crippen LogP) is -3.77. The van der Waals surface area contributed by atoms with Crippen molar-refractivity contribution in [1.82, 2.24) is 15.4 Å². The number of nitrogens with one attached hydrogen (secondary N) is 1. The van der Waals surface area contributed by atoms with Gasteiger partial charge in [-0.2, -0.15) is 0 Å². The minimum Gasteiger partial charge on any atom is -1.00 e. The molecule has 0 aliphatic rings. The van der Waals surface area contributed by atoms with Gasteiger partial charge in [-0.05, 0) is 0 Å². The number of H-pyrrole nitrogens is 1. The Hall–Kier alpha value is 0.386. The molecule has 7 heavy (non-hydrogen) atoms. The van der Waals surface area contributed by atoms with E-state index in [9.17, 15) is 0 Å². The Morgan fingerprint density at radius 3 is 2.43 bits per heavy atom. The quantitative estimate of drug-likeness (QED) is 0.322. The molecule has 1 N–H and O–H groups in total. The molecule has 0 radical (unpaired) electrons. The molecule has 0 aliphatic heterocycles. The zero-order valence-corrected chi connectivity index (χ0v) is 6.56. The van der Waals surface area contributed by atoms with Crippen LogP contribution in [0.1, 0.15) is 0 Å². The summed E-state index contributed by atoms with van der Waals surface area (Å²) in [7, 11) is 0. The van der Waals surface area contributed by atoms with Gasteiger partial charge in [0.25, 0.3) is 0 Å². The van der Waals surface area contributed by atoms with Crippen molar-refractivity contribution >= 4 is 23.1 Å². The fourth-order valence-corrected chi connectivity index (χ4v) is 0.144. The topological polar surface area (TPSA) is 41.6 Å². The maximum Gasteiger partial charge on any atom is 2.00 e. The molecule has 1 rings (SSSR count). The number of hydrogen-bond donors (Lipinski definition) is 1. The molecule has 0 spiro atoms. The molecule has 0 fully saturated rings. The van der Waals surface area contributed by atoms with Crippen LogP contribution >= 0.6 is 0 Å². The van der Waals surface area contributed by atoms with E-state index in [1.165, 1.54) is 6.20 Å². The fourth-order valence-electron chi connectivity index (χ4n) is 0.144. The molecule has 0 saturated carbocycles. The summed E-state index contributed by atoms with van der Waals surface area (Å²) in [6.45, 7) is 0. The Kier molecular flexibility index (Phi) is 9.47. The van der Waals surface area contributed by atoms with E-state index in [0.717, 1.165) is 0 Å². The van der Waals surface area contributed by atoms with Crippen molar-refractivity contribution in [2.24, 2.45) is 0 Å². The number of aromatic nitrogens is 3. The Morgan fingerprint density at radius 1 is 1.57 bits per heavy atom. The Morgan fingerprint density at radius 2 is 2.29 bits per heavy atom. The molecule has 0 unspecified atom stereocenters. The molecule has 3 nitrogen and oxygen atoms in total. The van der Waals surface area contributed by atoms with Gasteiger partial charge in [-0.3, -0.25) is 0 Å². The maximum atomic E-state index is 3.29. The van der Waals surface area contributed by atoms with Crippen LogP contribution in [0.15, 0.2) is 6.20 Å². The third-order valence-corrected chi connectivity index (χ3v) is 0.295. The Labute approximate surface area is 67.8 Å². The van der Waals surface area contributed by atoms with E-state index in [0.29, 0.717) is 0 Å². The number of halogens is 1. The SMILES string of the molecule is [Br-].[Mg+2].[c-]1c[nH]nn1. The van der Waals surface area contributed by atoms with Crippen molar-refractivity contribution in [2.75, 3.05) is 0 Å². The van der Waals surface area contributed by atoms with E-state index in [-0.39, 0.29) is 40.0 Å². The minimum atomic E-state index is 0. The fraction of sp³-hybridized carbons (Fsp3) is 0. The van der Waals surface area contributed by atoms with Gasteiger partial charge in [-0.25, -0.2) is 0 Å². The van der Waals surface area contributed by atoms with Crippen molar-refractivity contribution in [3.8, 4) is 0 Å². The summed E-state index contributed by atoms with van der Waals surface area (Å²) in [4.78, 5) is 0. The summed E-state index contributed by atoms with van der Waals surface area (Å²) in [6, 6.07) is 0. The first kappa shape index (κ1) is 10.4. The second kappa shape index (κ2) is 6.39. The molecule has 34 valence electrons. The summed E-state index contributed by atoms with van der Waals surface area (Å²) in [6.07, 6.45) is 3.97. The number of rotatable bonds is 0. The number of aromatic amines is 1. The van der Waals surface area contributed by atoms with Crippen LogP contribution in [0, 0.1) is 6.20 Å². The third kappa shape index (κ3) is 4.24. The largest absolute Gasteiger partial charge is 2.00 e. The van der Waals surface area contributed by atoms with E-state index in [1.54, 1.807) is 0 Å². The molecule has 0 bridgehead atoms. The zero-order chi connectivity index (χ0) is 3.54. The van der Waals surface area contributed by atoms with Crippen LogP contribution in [0.5, 0.6) is 0 Å². The number of nitrogens with zero attached hydrogens (tertiary/aromatic N) is 2. The summed E-state index contributed by atoms with van der Waals surface area (Å²) < 4.78 is 0. The minimum absolute atomic E-state index is 0. The summed E-state index contributed by atoms with van der Waals surface area (Å²) >= 11 is 0. The normalized spacial score (nSPS) is 5.71. The van der Waals surface area contributed by atoms with Crippen molar-refractivity contribution in [1.29, 1.82) is 0 Å². The van der Waals surface area contributed by atoms with Crippen LogP contribution < -0.4 is 17.0 Å². The van der Waals surface area contributed by atoms with Crippen LogP contribution in [0.3, 0.4) is 0 Å². The van der Waals surface area contributed by atoms with Gasteiger partial charge in [-0.1, -0.05) is 0 Å². The van der Waals surface area contributed by atoms with Crippen LogP contribution in [-0.4, -0.2) is 38.5 Å². The second-order valence-electron chi connectivity index (χ2n) is 0.603. The van der Waals surface area contributed by atoms with Crippen LogP contribution in [0.2, 0.25) is 0 Å². The zero-order valence-electron chi connectivity index (χ0n) is 3.56. The van der Waals surface area contributed by atoms with E-state index in [1.807, 2.05) is 0 Å². The molecular weight excluding hydrogens is 170 g/mol. The van der Waals surface area contributed by atoms with Crippen LogP contribution in [0.25, 0.3) is 0 Å². The van der Waals surface area contributed by atoms with E-state index >= 15 is 0 Å². The van der Waals surface area contributed by atoms with Gasteiger partial charge in [0.05, 0.1) is 0 Å². The molecule has 0 aromatic carbocycles. The molecule has 0 atom stereocenters. The first-order valence-corrected chi connectivity index (χ1v) is 1.22. The molecular formula is C2H2BrMgN3. The van der Waals surface area contributed by atoms with Crippen molar-refractivity contribution < 1.29 is 17.0 Å². The van der Waals surface area contributed by atoms with E-state index in [2.05, 4.69) is 21.6 Å². The van der Waals surface area contributed by atoms with E-state index in [4.69, 9.17) is 0 Å². The predicted molar refractivity (Wildman–Crippen MR) is 21.0 cm³/mol. The molecule has 1 aromatic rings. The standard InChI is InChI=1S/C2H2N3.BrH.Mg/c1-2-4-5-3-1;;/h1H,(H,3,4,5);1H;/q-1;;+2/p-1. The van der Waals surface area contributed by atoms with Crippen molar-refractivity contribution in [3.05, 3.63) is 12.4 Å². The van der Waals surface area contributed by atoms with Gasteiger partial charge in [0.1, 0.15) is 0 Å². The average Bonchev–Trinajstić information content (AvgIpc) is 1.76. The molecule has 1 aromatic heterocycles. The van der Waals surface area contributed by atoms with Gasteiger partial charge in [0.2, 0.25) is 0 Å². The smallest absolute Gasteiger partial charge is 1.00 e. The van der Waals surface area contributed by atoms with Gasteiger partial charge >= 0.3 is 23.1 Å². The maximum absolute atomic E-state index is 3.29. The Balaban J connectivity index is 0. The van der Waals surface area contributed by atoms with E-state index < -0.39 is 0 Å². The molecule has 0 amide bonds. The van der Waals surface area contributed by atoms with Gasteiger partial charge < -0.3 is 33.4 Å². The monoisotopic (exact) mass is 171 g/mol. The first-order chi connectivity index (χ1) is 2.50. The first-order valence-electron chi connectivity index (χ1n) is 1.22. The van der Waals surface area contributed by atoms with Gasteiger partial charge in [0.15, 0.2) is 0 Å². The number of hydrogen-bond acceptors (Lipinski definition) is 2. The average molecular weight is 172 g/mol. The molecule has 1 heterocycles. The van der Waals surface area contributed by atoms with Crippen molar-refractivity contribution in [3.63, 3.8) is 0 Å². The summed E-state index contributed by atoms with van der Waals surface area (Å²) in [5, 5.41) is 9.03. The molecule has 0 aliphatic carbocycles. The summed E-state index contributed by atoms with van der Waals surface area (Å²) in [5.41, 5.74) is 0. The molecule has 5 heteroatoms. The summed E-state index contributed by atoms with van der Waals surface area (Å²) in [5.74, 6) is 0.